The van der Waals surface area contributed by atoms with Gasteiger partial charge in [-0.3, -0.25) is 4.90 Å². The second-order valence-electron chi connectivity index (χ2n) is 4.35. The van der Waals surface area contributed by atoms with Crippen molar-refractivity contribution in [3.05, 3.63) is 11.7 Å². The zero-order valence-electron chi connectivity index (χ0n) is 10.1. The Morgan fingerprint density at radius 2 is 2.29 bits per heavy atom. The highest BCUT2D eigenvalue weighted by atomic mass is 32.2. The molecular weight excluding hydrogens is 242 g/mol. The molecule has 2 rings (SSSR count). The molecule has 0 aliphatic carbocycles. The van der Waals surface area contributed by atoms with Gasteiger partial charge in [-0.05, 0) is 13.0 Å². The summed E-state index contributed by atoms with van der Waals surface area (Å²) in [5.41, 5.74) is 0. The predicted molar refractivity (Wildman–Crippen MR) is 62.2 cm³/mol. The van der Waals surface area contributed by atoms with E-state index in [4.69, 9.17) is 4.52 Å². The molecule has 1 saturated heterocycles. The third-order valence-corrected chi connectivity index (χ3v) is 4.80. The number of hydrogen-bond donors (Lipinski definition) is 0. The van der Waals surface area contributed by atoms with Crippen molar-refractivity contribution in [1.29, 1.82) is 0 Å². The Kier molecular flexibility index (Phi) is 3.48. The van der Waals surface area contributed by atoms with Crippen LogP contribution in [0, 0.1) is 6.92 Å². The van der Waals surface area contributed by atoms with E-state index in [2.05, 4.69) is 15.0 Å². The zero-order valence-corrected chi connectivity index (χ0v) is 10.9. The van der Waals surface area contributed by atoms with Gasteiger partial charge in [-0.2, -0.15) is 4.98 Å². The summed E-state index contributed by atoms with van der Waals surface area (Å²) in [5.74, 6) is 1.70. The SMILES string of the molecule is CCN(Cc1noc(C)n1)[C@H]1CCS(=O)(=O)C1. The number of aryl methyl sites for hydroxylation is 1. The summed E-state index contributed by atoms with van der Waals surface area (Å²) in [4.78, 5) is 6.23. The fourth-order valence-electron chi connectivity index (χ4n) is 2.15. The van der Waals surface area contributed by atoms with Gasteiger partial charge in [0.2, 0.25) is 5.89 Å². The number of aromatic nitrogens is 2. The average molecular weight is 259 g/mol. The minimum atomic E-state index is -2.84. The van der Waals surface area contributed by atoms with Crippen LogP contribution in [0.1, 0.15) is 25.1 Å². The van der Waals surface area contributed by atoms with Crippen LogP contribution in [0.25, 0.3) is 0 Å². The molecule has 7 heteroatoms. The molecule has 1 aromatic heterocycles. The minimum absolute atomic E-state index is 0.0869. The molecule has 1 aliphatic rings. The van der Waals surface area contributed by atoms with Crippen LogP contribution in [0.5, 0.6) is 0 Å². The molecular formula is C10H17N3O3S. The standard InChI is InChI=1S/C10H17N3O3S/c1-3-13(6-10-11-8(2)16-12-10)9-4-5-17(14,15)7-9/h9H,3-7H2,1-2H3/t9-/m0/s1. The van der Waals surface area contributed by atoms with Gasteiger partial charge in [0.05, 0.1) is 18.1 Å². The van der Waals surface area contributed by atoms with Crippen LogP contribution in [0.4, 0.5) is 0 Å². The lowest BCUT2D eigenvalue weighted by Gasteiger charge is -2.24. The lowest BCUT2D eigenvalue weighted by atomic mass is 10.2. The van der Waals surface area contributed by atoms with Crippen molar-refractivity contribution in [2.45, 2.75) is 32.9 Å². The van der Waals surface area contributed by atoms with Gasteiger partial charge in [0.25, 0.3) is 0 Å². The van der Waals surface area contributed by atoms with Crippen molar-refractivity contribution in [2.75, 3.05) is 18.1 Å². The predicted octanol–water partition coefficient (Wildman–Crippen LogP) is 0.387. The maximum atomic E-state index is 11.4. The van der Waals surface area contributed by atoms with Gasteiger partial charge in [-0.25, -0.2) is 8.42 Å². The smallest absolute Gasteiger partial charge is 0.223 e. The van der Waals surface area contributed by atoms with Crippen molar-refractivity contribution < 1.29 is 12.9 Å². The number of rotatable bonds is 4. The summed E-state index contributed by atoms with van der Waals surface area (Å²) in [5, 5.41) is 3.83. The largest absolute Gasteiger partial charge is 0.340 e. The van der Waals surface area contributed by atoms with Crippen molar-refractivity contribution in [2.24, 2.45) is 0 Å². The van der Waals surface area contributed by atoms with Gasteiger partial charge in [0, 0.05) is 13.0 Å². The van der Waals surface area contributed by atoms with Crippen LogP contribution >= 0.6 is 0 Å². The first-order chi connectivity index (χ1) is 8.00. The molecule has 17 heavy (non-hydrogen) atoms. The third kappa shape index (κ3) is 3.04. The highest BCUT2D eigenvalue weighted by molar-refractivity contribution is 7.91. The van der Waals surface area contributed by atoms with Crippen molar-refractivity contribution in [3.63, 3.8) is 0 Å². The third-order valence-electron chi connectivity index (χ3n) is 3.05. The Morgan fingerprint density at radius 1 is 1.53 bits per heavy atom. The topological polar surface area (TPSA) is 76.3 Å². The molecule has 1 fully saturated rings. The van der Waals surface area contributed by atoms with E-state index in [1.54, 1.807) is 6.92 Å². The molecule has 0 unspecified atom stereocenters. The quantitative estimate of drug-likeness (QED) is 0.778. The molecule has 0 radical (unpaired) electrons. The van der Waals surface area contributed by atoms with Gasteiger partial charge in [-0.15, -0.1) is 0 Å². The van der Waals surface area contributed by atoms with E-state index in [-0.39, 0.29) is 11.8 Å². The normalized spacial score (nSPS) is 23.4. The van der Waals surface area contributed by atoms with Crippen molar-refractivity contribution >= 4 is 9.84 Å². The molecule has 2 heterocycles. The summed E-state index contributed by atoms with van der Waals surface area (Å²) in [6.07, 6.45) is 0.701. The van der Waals surface area contributed by atoms with E-state index in [0.717, 1.165) is 6.54 Å². The van der Waals surface area contributed by atoms with Crippen molar-refractivity contribution in [3.8, 4) is 0 Å². The average Bonchev–Trinajstić information content (AvgIpc) is 2.81. The van der Waals surface area contributed by atoms with Crippen LogP contribution in [-0.2, 0) is 16.4 Å². The fourth-order valence-corrected chi connectivity index (χ4v) is 3.91. The van der Waals surface area contributed by atoms with Crippen LogP contribution in [-0.4, -0.2) is 47.6 Å². The number of hydrogen-bond acceptors (Lipinski definition) is 6. The van der Waals surface area contributed by atoms with Gasteiger partial charge in [0.15, 0.2) is 15.7 Å². The van der Waals surface area contributed by atoms with Gasteiger partial charge >= 0.3 is 0 Å². The van der Waals surface area contributed by atoms with Crippen LogP contribution in [0.2, 0.25) is 0 Å². The first-order valence-electron chi connectivity index (χ1n) is 5.74. The first-order valence-corrected chi connectivity index (χ1v) is 7.56. The number of sulfone groups is 1. The van der Waals surface area contributed by atoms with E-state index < -0.39 is 9.84 Å². The monoisotopic (exact) mass is 259 g/mol. The zero-order chi connectivity index (χ0) is 12.5. The molecule has 0 spiro atoms. The Labute approximate surface area is 101 Å². The molecule has 0 saturated carbocycles. The summed E-state index contributed by atoms with van der Waals surface area (Å²) in [7, 11) is -2.84. The van der Waals surface area contributed by atoms with Crippen LogP contribution < -0.4 is 0 Å². The molecule has 0 bridgehead atoms. The summed E-state index contributed by atoms with van der Waals surface area (Å²) in [6, 6.07) is 0.0869. The van der Waals surface area contributed by atoms with E-state index in [1.807, 2.05) is 6.92 Å². The Balaban J connectivity index is 2.02. The Hall–Kier alpha value is -0.950. The lowest BCUT2D eigenvalue weighted by molar-refractivity contribution is 0.206. The summed E-state index contributed by atoms with van der Waals surface area (Å²) >= 11 is 0. The maximum absolute atomic E-state index is 11.4. The highest BCUT2D eigenvalue weighted by Gasteiger charge is 2.32. The summed E-state index contributed by atoms with van der Waals surface area (Å²) < 4.78 is 27.8. The van der Waals surface area contributed by atoms with E-state index in [0.29, 0.717) is 30.4 Å². The highest BCUT2D eigenvalue weighted by Crippen LogP contribution is 2.18. The van der Waals surface area contributed by atoms with Gasteiger partial charge in [0.1, 0.15) is 0 Å². The molecule has 96 valence electrons. The molecule has 0 N–H and O–H groups in total. The van der Waals surface area contributed by atoms with Crippen LogP contribution in [0.3, 0.4) is 0 Å². The Bertz CT molecular complexity index is 483. The molecule has 1 aliphatic heterocycles. The molecule has 0 aromatic carbocycles. The first kappa shape index (κ1) is 12.5. The molecule has 1 aromatic rings. The van der Waals surface area contributed by atoms with Gasteiger partial charge in [-0.1, -0.05) is 12.1 Å². The minimum Gasteiger partial charge on any atom is -0.340 e. The van der Waals surface area contributed by atoms with Crippen LogP contribution in [0.15, 0.2) is 4.52 Å². The Morgan fingerprint density at radius 3 is 2.76 bits per heavy atom. The lowest BCUT2D eigenvalue weighted by Crippen LogP contribution is -2.35. The summed E-state index contributed by atoms with van der Waals surface area (Å²) in [6.45, 7) is 5.09. The fraction of sp³-hybridized carbons (Fsp3) is 0.800. The number of nitrogens with zero attached hydrogens (tertiary/aromatic N) is 3. The molecule has 6 nitrogen and oxygen atoms in total. The van der Waals surface area contributed by atoms with Crippen molar-refractivity contribution in [1.82, 2.24) is 15.0 Å². The second-order valence-corrected chi connectivity index (χ2v) is 6.58. The maximum Gasteiger partial charge on any atom is 0.223 e. The second kappa shape index (κ2) is 4.73. The molecule has 1 atom stereocenters. The van der Waals surface area contributed by atoms with E-state index in [9.17, 15) is 8.42 Å². The van der Waals surface area contributed by atoms with Gasteiger partial charge < -0.3 is 4.52 Å². The molecule has 0 amide bonds. The van der Waals surface area contributed by atoms with E-state index in [1.165, 1.54) is 0 Å². The van der Waals surface area contributed by atoms with E-state index >= 15 is 0 Å².